The molecule has 0 aromatic heterocycles. The van der Waals surface area contributed by atoms with Gasteiger partial charge in [-0.15, -0.1) is 0 Å². The molecule has 1 amide bonds. The molecule has 1 aromatic carbocycles. The fourth-order valence-corrected chi connectivity index (χ4v) is 2.46. The first-order valence-corrected chi connectivity index (χ1v) is 6.79. The van der Waals surface area contributed by atoms with E-state index >= 15 is 0 Å². The number of hydrogen-bond acceptors (Lipinski definition) is 3. The summed E-state index contributed by atoms with van der Waals surface area (Å²) >= 11 is 0. The van der Waals surface area contributed by atoms with Crippen LogP contribution in [0.2, 0.25) is 0 Å². The highest BCUT2D eigenvalue weighted by Gasteiger charge is 2.36. The number of esters is 1. The van der Waals surface area contributed by atoms with Gasteiger partial charge in [0.25, 0.3) is 5.91 Å². The van der Waals surface area contributed by atoms with Crippen LogP contribution in [-0.2, 0) is 9.53 Å². The normalized spacial score (nSPS) is 18.1. The van der Waals surface area contributed by atoms with Crippen molar-refractivity contribution in [2.75, 3.05) is 13.2 Å². The summed E-state index contributed by atoms with van der Waals surface area (Å²) in [4.78, 5) is 25.7. The predicted octanol–water partition coefficient (Wildman–Crippen LogP) is 2.30. The van der Waals surface area contributed by atoms with Crippen molar-refractivity contribution in [2.24, 2.45) is 0 Å². The Morgan fingerprint density at radius 2 is 2.20 bits per heavy atom. The first-order chi connectivity index (χ1) is 9.56. The third-order valence-electron chi connectivity index (χ3n) is 3.49. The van der Waals surface area contributed by atoms with Gasteiger partial charge in [-0.1, -0.05) is 12.1 Å². The average molecular weight is 279 g/mol. The van der Waals surface area contributed by atoms with E-state index < -0.39 is 23.7 Å². The van der Waals surface area contributed by atoms with Gasteiger partial charge >= 0.3 is 5.97 Å². The van der Waals surface area contributed by atoms with Gasteiger partial charge in [-0.05, 0) is 38.3 Å². The smallest absolute Gasteiger partial charge is 0.328 e. The number of nitrogens with zero attached hydrogens (tertiary/aromatic N) is 1. The molecule has 0 saturated carbocycles. The summed E-state index contributed by atoms with van der Waals surface area (Å²) in [6, 6.07) is 4.10. The van der Waals surface area contributed by atoms with E-state index in [1.54, 1.807) is 26.0 Å². The van der Waals surface area contributed by atoms with Gasteiger partial charge in [-0.25, -0.2) is 9.18 Å². The predicted molar refractivity (Wildman–Crippen MR) is 71.8 cm³/mol. The van der Waals surface area contributed by atoms with E-state index in [9.17, 15) is 14.0 Å². The molecule has 0 radical (unpaired) electrons. The van der Waals surface area contributed by atoms with Crippen molar-refractivity contribution in [3.8, 4) is 0 Å². The van der Waals surface area contributed by atoms with Crippen molar-refractivity contribution >= 4 is 11.9 Å². The van der Waals surface area contributed by atoms with E-state index in [1.807, 2.05) is 0 Å². The van der Waals surface area contributed by atoms with Crippen LogP contribution in [0.25, 0.3) is 0 Å². The van der Waals surface area contributed by atoms with Gasteiger partial charge in [0, 0.05) is 6.54 Å². The number of hydrogen-bond donors (Lipinski definition) is 0. The Bertz CT molecular complexity index is 530. The van der Waals surface area contributed by atoms with Gasteiger partial charge in [0.2, 0.25) is 0 Å². The largest absolute Gasteiger partial charge is 0.464 e. The van der Waals surface area contributed by atoms with Crippen molar-refractivity contribution in [2.45, 2.75) is 32.7 Å². The zero-order valence-electron chi connectivity index (χ0n) is 11.7. The van der Waals surface area contributed by atoms with E-state index in [-0.39, 0.29) is 12.2 Å². The lowest BCUT2D eigenvalue weighted by Gasteiger charge is -2.23. The number of likely N-dealkylation sites (tertiary alicyclic amines) is 1. The Morgan fingerprint density at radius 1 is 1.45 bits per heavy atom. The number of carbonyl (C=O) groups excluding carboxylic acids is 2. The topological polar surface area (TPSA) is 46.6 Å². The molecule has 1 atom stereocenters. The number of rotatable bonds is 3. The maximum Gasteiger partial charge on any atom is 0.328 e. The minimum atomic E-state index is -0.595. The van der Waals surface area contributed by atoms with Gasteiger partial charge in [0.05, 0.1) is 12.2 Å². The lowest BCUT2D eigenvalue weighted by atomic mass is 10.1. The van der Waals surface area contributed by atoms with E-state index in [4.69, 9.17) is 4.74 Å². The van der Waals surface area contributed by atoms with Crippen LogP contribution < -0.4 is 0 Å². The molecule has 1 aliphatic rings. The van der Waals surface area contributed by atoms with Gasteiger partial charge in [-0.2, -0.15) is 0 Å². The summed E-state index contributed by atoms with van der Waals surface area (Å²) in [6.45, 7) is 4.06. The van der Waals surface area contributed by atoms with Gasteiger partial charge in [0.1, 0.15) is 11.9 Å². The molecule has 1 aromatic rings. The van der Waals surface area contributed by atoms with Crippen molar-refractivity contribution in [1.29, 1.82) is 0 Å². The third-order valence-corrected chi connectivity index (χ3v) is 3.49. The van der Waals surface area contributed by atoms with Crippen molar-refractivity contribution in [3.05, 3.63) is 35.1 Å². The number of amides is 1. The standard InChI is InChI=1S/C15H18FNO3/c1-3-20-15(19)12-8-5-9-17(12)14(18)11-7-4-6-10(2)13(11)16/h4,6-7,12H,3,5,8-9H2,1-2H3/t12-/m0/s1. The maximum atomic E-state index is 14.0. The molecule has 0 spiro atoms. The number of benzene rings is 1. The van der Waals surface area contributed by atoms with Gasteiger partial charge < -0.3 is 9.64 Å². The fourth-order valence-electron chi connectivity index (χ4n) is 2.46. The summed E-state index contributed by atoms with van der Waals surface area (Å²) in [7, 11) is 0. The Balaban J connectivity index is 2.23. The number of carbonyl (C=O) groups is 2. The van der Waals surface area contributed by atoms with Crippen LogP contribution in [0.5, 0.6) is 0 Å². The lowest BCUT2D eigenvalue weighted by Crippen LogP contribution is -2.41. The van der Waals surface area contributed by atoms with Crippen molar-refractivity contribution in [3.63, 3.8) is 0 Å². The summed E-state index contributed by atoms with van der Waals surface area (Å²) in [5, 5.41) is 0. The Morgan fingerprint density at radius 3 is 2.90 bits per heavy atom. The number of ether oxygens (including phenoxy) is 1. The summed E-state index contributed by atoms with van der Waals surface area (Å²) in [6.07, 6.45) is 1.29. The van der Waals surface area contributed by atoms with E-state index in [1.165, 1.54) is 11.0 Å². The molecule has 1 fully saturated rings. The van der Waals surface area contributed by atoms with Crippen LogP contribution in [0.4, 0.5) is 4.39 Å². The summed E-state index contributed by atoms with van der Waals surface area (Å²) in [5.74, 6) is -1.37. The summed E-state index contributed by atoms with van der Waals surface area (Å²) in [5.41, 5.74) is 0.434. The molecule has 20 heavy (non-hydrogen) atoms. The van der Waals surface area contributed by atoms with Crippen LogP contribution >= 0.6 is 0 Å². The highest BCUT2D eigenvalue weighted by Crippen LogP contribution is 2.23. The molecule has 1 heterocycles. The second-order valence-corrected chi connectivity index (χ2v) is 4.85. The SMILES string of the molecule is CCOC(=O)[C@@H]1CCCN1C(=O)c1cccc(C)c1F. The first kappa shape index (κ1) is 14.5. The number of aryl methyl sites for hydroxylation is 1. The molecule has 0 aliphatic carbocycles. The van der Waals surface area contributed by atoms with Gasteiger partial charge in [0.15, 0.2) is 0 Å². The highest BCUT2D eigenvalue weighted by molar-refractivity contribution is 5.97. The minimum absolute atomic E-state index is 0.0150. The monoisotopic (exact) mass is 279 g/mol. The quantitative estimate of drug-likeness (QED) is 0.798. The molecule has 4 nitrogen and oxygen atoms in total. The van der Waals surface area contributed by atoms with Crippen molar-refractivity contribution in [1.82, 2.24) is 4.90 Å². The Kier molecular flexibility index (Phi) is 4.37. The Labute approximate surface area is 117 Å². The highest BCUT2D eigenvalue weighted by atomic mass is 19.1. The lowest BCUT2D eigenvalue weighted by molar-refractivity contribution is -0.147. The molecule has 0 unspecified atom stereocenters. The van der Waals surface area contributed by atoms with E-state index in [2.05, 4.69) is 0 Å². The Hall–Kier alpha value is -1.91. The molecule has 0 bridgehead atoms. The average Bonchev–Trinajstić information content (AvgIpc) is 2.91. The molecule has 0 N–H and O–H groups in total. The fraction of sp³-hybridized carbons (Fsp3) is 0.467. The minimum Gasteiger partial charge on any atom is -0.464 e. The van der Waals surface area contributed by atoms with Crippen LogP contribution in [-0.4, -0.2) is 36.0 Å². The molecular weight excluding hydrogens is 261 g/mol. The van der Waals surface area contributed by atoms with Crippen LogP contribution in [0, 0.1) is 12.7 Å². The number of halogens is 1. The molecular formula is C15H18FNO3. The summed E-state index contributed by atoms with van der Waals surface area (Å²) < 4.78 is 19.0. The zero-order valence-corrected chi connectivity index (χ0v) is 11.7. The van der Waals surface area contributed by atoms with Crippen LogP contribution in [0.1, 0.15) is 35.7 Å². The maximum absolute atomic E-state index is 14.0. The second-order valence-electron chi connectivity index (χ2n) is 4.85. The molecule has 5 heteroatoms. The van der Waals surface area contributed by atoms with E-state index in [0.717, 1.165) is 6.42 Å². The van der Waals surface area contributed by atoms with Crippen molar-refractivity contribution < 1.29 is 18.7 Å². The molecule has 2 rings (SSSR count). The van der Waals surface area contributed by atoms with Gasteiger partial charge in [-0.3, -0.25) is 4.79 Å². The third kappa shape index (κ3) is 2.66. The van der Waals surface area contributed by atoms with Crippen LogP contribution in [0.15, 0.2) is 18.2 Å². The first-order valence-electron chi connectivity index (χ1n) is 6.79. The molecule has 1 saturated heterocycles. The zero-order chi connectivity index (χ0) is 14.7. The molecule has 1 aliphatic heterocycles. The van der Waals surface area contributed by atoms with Crippen LogP contribution in [0.3, 0.4) is 0 Å². The second kappa shape index (κ2) is 6.03. The van der Waals surface area contributed by atoms with E-state index in [0.29, 0.717) is 18.5 Å². The molecule has 108 valence electrons.